The van der Waals surface area contributed by atoms with Crippen LogP contribution in [0.25, 0.3) is 11.1 Å². The van der Waals surface area contributed by atoms with Gasteiger partial charge < -0.3 is 20.1 Å². The fraction of sp³-hybridized carbons (Fsp3) is 0.280. The second kappa shape index (κ2) is 8.90. The SMILES string of the molecule is CC(NC(=O)OCC1c2ccccc2-c2ccccc21)c1nc(C(=O)N2CC(C(=O)O)C2)cs1. The maximum atomic E-state index is 12.5. The Balaban J connectivity index is 1.18. The molecule has 9 heteroatoms. The highest BCUT2D eigenvalue weighted by molar-refractivity contribution is 7.09. The number of likely N-dealkylation sites (tertiary alicyclic amines) is 1. The number of alkyl carbamates (subject to hydrolysis) is 1. The summed E-state index contributed by atoms with van der Waals surface area (Å²) in [5, 5.41) is 14.0. The van der Waals surface area contributed by atoms with Gasteiger partial charge in [0, 0.05) is 24.4 Å². The molecule has 2 aliphatic rings. The normalized spacial score (nSPS) is 15.7. The van der Waals surface area contributed by atoms with Crippen molar-refractivity contribution in [3.8, 4) is 11.1 Å². The number of fused-ring (bicyclic) bond motifs is 3. The van der Waals surface area contributed by atoms with Crippen molar-refractivity contribution >= 4 is 29.3 Å². The number of thiazole rings is 1. The Hall–Kier alpha value is -3.72. The van der Waals surface area contributed by atoms with Gasteiger partial charge in [0.2, 0.25) is 0 Å². The lowest BCUT2D eigenvalue weighted by molar-refractivity contribution is -0.146. The monoisotopic (exact) mass is 477 g/mol. The summed E-state index contributed by atoms with van der Waals surface area (Å²) in [4.78, 5) is 41.7. The summed E-state index contributed by atoms with van der Waals surface area (Å²) in [6.07, 6.45) is -0.551. The average Bonchev–Trinajstić information content (AvgIpc) is 3.40. The fourth-order valence-electron chi connectivity index (χ4n) is 4.43. The molecule has 1 aromatic heterocycles. The molecule has 1 aliphatic heterocycles. The van der Waals surface area contributed by atoms with Crippen LogP contribution in [-0.2, 0) is 9.53 Å². The number of carbonyl (C=O) groups excluding carboxylic acids is 2. The zero-order valence-corrected chi connectivity index (χ0v) is 19.2. The van der Waals surface area contributed by atoms with E-state index in [-0.39, 0.29) is 37.2 Å². The quantitative estimate of drug-likeness (QED) is 0.557. The molecule has 1 atom stereocenters. The molecule has 0 saturated carbocycles. The van der Waals surface area contributed by atoms with Crippen LogP contribution in [0.1, 0.15) is 45.5 Å². The predicted octanol–water partition coefficient (Wildman–Crippen LogP) is 3.90. The van der Waals surface area contributed by atoms with Crippen molar-refractivity contribution in [1.29, 1.82) is 0 Å². The standard InChI is InChI=1S/C25H23N3O5S/c1-14(22-27-21(13-34-22)23(29)28-10-15(11-28)24(30)31)26-25(32)33-12-20-18-8-4-2-6-16(18)17-7-3-5-9-19(17)20/h2-9,13-15,20H,10-12H2,1H3,(H,26,32)(H,30,31). The minimum absolute atomic E-state index is 0.0244. The third-order valence-electron chi connectivity index (χ3n) is 6.31. The number of amides is 2. The van der Waals surface area contributed by atoms with Gasteiger partial charge in [0.25, 0.3) is 5.91 Å². The first kappa shape index (κ1) is 22.1. The van der Waals surface area contributed by atoms with Crippen LogP contribution < -0.4 is 5.32 Å². The molecule has 2 aromatic carbocycles. The number of benzene rings is 2. The zero-order chi connectivity index (χ0) is 23.8. The highest BCUT2D eigenvalue weighted by Gasteiger charge is 2.37. The molecule has 3 aromatic rings. The number of hydrogen-bond donors (Lipinski definition) is 2. The van der Waals surface area contributed by atoms with Crippen molar-refractivity contribution in [2.24, 2.45) is 5.92 Å². The highest BCUT2D eigenvalue weighted by Crippen LogP contribution is 2.44. The molecule has 174 valence electrons. The minimum Gasteiger partial charge on any atom is -0.481 e. The lowest BCUT2D eigenvalue weighted by atomic mass is 9.98. The molecule has 0 spiro atoms. The maximum Gasteiger partial charge on any atom is 0.407 e. The van der Waals surface area contributed by atoms with Crippen molar-refractivity contribution in [2.75, 3.05) is 19.7 Å². The van der Waals surface area contributed by atoms with E-state index in [1.165, 1.54) is 16.2 Å². The summed E-state index contributed by atoms with van der Waals surface area (Å²) in [6, 6.07) is 15.8. The third kappa shape index (κ3) is 4.03. The van der Waals surface area contributed by atoms with Crippen LogP contribution >= 0.6 is 11.3 Å². The van der Waals surface area contributed by atoms with E-state index in [1.54, 1.807) is 12.3 Å². The van der Waals surface area contributed by atoms with Crippen molar-refractivity contribution in [3.05, 3.63) is 75.7 Å². The third-order valence-corrected chi connectivity index (χ3v) is 7.33. The van der Waals surface area contributed by atoms with Gasteiger partial charge in [0.15, 0.2) is 0 Å². The fourth-order valence-corrected chi connectivity index (χ4v) is 5.23. The Morgan fingerprint density at radius 2 is 1.74 bits per heavy atom. The number of nitrogens with zero attached hydrogens (tertiary/aromatic N) is 2. The molecular formula is C25H23N3O5S. The number of ether oxygens (including phenoxy) is 1. The van der Waals surface area contributed by atoms with Gasteiger partial charge in [0.05, 0.1) is 12.0 Å². The number of carbonyl (C=O) groups is 3. The number of aromatic nitrogens is 1. The van der Waals surface area contributed by atoms with E-state index in [2.05, 4.69) is 34.6 Å². The van der Waals surface area contributed by atoms with Gasteiger partial charge in [-0.1, -0.05) is 48.5 Å². The Bertz CT molecular complexity index is 1220. The lowest BCUT2D eigenvalue weighted by Crippen LogP contribution is -2.53. The summed E-state index contributed by atoms with van der Waals surface area (Å²) < 4.78 is 5.58. The van der Waals surface area contributed by atoms with Gasteiger partial charge in [0.1, 0.15) is 17.3 Å². The summed E-state index contributed by atoms with van der Waals surface area (Å²) in [7, 11) is 0. The number of hydrogen-bond acceptors (Lipinski definition) is 6. The summed E-state index contributed by atoms with van der Waals surface area (Å²) >= 11 is 1.27. The Labute approximate surface area is 200 Å². The molecule has 2 amide bonds. The molecule has 1 saturated heterocycles. The van der Waals surface area contributed by atoms with Crippen LogP contribution in [0.4, 0.5) is 4.79 Å². The average molecular weight is 478 g/mol. The first-order valence-corrected chi connectivity index (χ1v) is 11.9. The molecule has 0 bridgehead atoms. The number of aliphatic carboxylic acids is 1. The molecule has 1 fully saturated rings. The number of carboxylic acids is 1. The van der Waals surface area contributed by atoms with E-state index in [1.807, 2.05) is 24.3 Å². The van der Waals surface area contributed by atoms with E-state index in [0.29, 0.717) is 5.01 Å². The van der Waals surface area contributed by atoms with Crippen molar-refractivity contribution < 1.29 is 24.2 Å². The molecule has 1 unspecified atom stereocenters. The van der Waals surface area contributed by atoms with E-state index >= 15 is 0 Å². The van der Waals surface area contributed by atoms with Gasteiger partial charge in [-0.25, -0.2) is 9.78 Å². The van der Waals surface area contributed by atoms with Gasteiger partial charge in [-0.3, -0.25) is 9.59 Å². The molecule has 2 N–H and O–H groups in total. The first-order valence-electron chi connectivity index (χ1n) is 11.0. The zero-order valence-electron chi connectivity index (χ0n) is 18.4. The molecule has 8 nitrogen and oxygen atoms in total. The number of rotatable bonds is 6. The maximum absolute atomic E-state index is 12.5. The van der Waals surface area contributed by atoms with Crippen LogP contribution in [0.15, 0.2) is 53.9 Å². The van der Waals surface area contributed by atoms with Crippen LogP contribution in [-0.4, -0.2) is 52.7 Å². The number of carboxylic acid groups (broad SMARTS) is 1. The van der Waals surface area contributed by atoms with Crippen LogP contribution in [0, 0.1) is 5.92 Å². The summed E-state index contributed by atoms with van der Waals surface area (Å²) in [6.45, 7) is 2.37. The Morgan fingerprint density at radius 3 is 2.35 bits per heavy atom. The Kier molecular flexibility index (Phi) is 5.79. The van der Waals surface area contributed by atoms with Crippen LogP contribution in [0.3, 0.4) is 0 Å². The van der Waals surface area contributed by atoms with Crippen LogP contribution in [0.5, 0.6) is 0 Å². The largest absolute Gasteiger partial charge is 0.481 e. The molecule has 2 heterocycles. The topological polar surface area (TPSA) is 109 Å². The number of nitrogens with one attached hydrogen (secondary N) is 1. The molecular weight excluding hydrogens is 454 g/mol. The predicted molar refractivity (Wildman–Crippen MR) is 126 cm³/mol. The minimum atomic E-state index is -0.899. The summed E-state index contributed by atoms with van der Waals surface area (Å²) in [5.74, 6) is -1.74. The Morgan fingerprint density at radius 1 is 1.12 bits per heavy atom. The van der Waals surface area contributed by atoms with E-state index in [0.717, 1.165) is 22.3 Å². The van der Waals surface area contributed by atoms with Gasteiger partial charge in [-0.15, -0.1) is 11.3 Å². The van der Waals surface area contributed by atoms with Crippen molar-refractivity contribution in [3.63, 3.8) is 0 Å². The smallest absolute Gasteiger partial charge is 0.407 e. The second-order valence-electron chi connectivity index (χ2n) is 8.51. The van der Waals surface area contributed by atoms with Gasteiger partial charge in [-0.2, -0.15) is 0 Å². The first-order chi connectivity index (χ1) is 16.4. The van der Waals surface area contributed by atoms with E-state index in [4.69, 9.17) is 9.84 Å². The molecule has 0 radical (unpaired) electrons. The van der Waals surface area contributed by atoms with Crippen molar-refractivity contribution in [2.45, 2.75) is 18.9 Å². The van der Waals surface area contributed by atoms with Crippen molar-refractivity contribution in [1.82, 2.24) is 15.2 Å². The molecule has 5 rings (SSSR count). The van der Waals surface area contributed by atoms with Crippen LogP contribution in [0.2, 0.25) is 0 Å². The lowest BCUT2D eigenvalue weighted by Gasteiger charge is -2.36. The van der Waals surface area contributed by atoms with E-state index < -0.39 is 24.0 Å². The van der Waals surface area contributed by atoms with E-state index in [9.17, 15) is 14.4 Å². The molecule has 34 heavy (non-hydrogen) atoms. The summed E-state index contributed by atoms with van der Waals surface area (Å²) in [5.41, 5.74) is 4.87. The molecule has 1 aliphatic carbocycles. The highest BCUT2D eigenvalue weighted by atomic mass is 32.1. The van der Waals surface area contributed by atoms with Gasteiger partial charge >= 0.3 is 12.1 Å². The van der Waals surface area contributed by atoms with Gasteiger partial charge in [-0.05, 0) is 29.2 Å². The second-order valence-corrected chi connectivity index (χ2v) is 9.40.